The SMILES string of the molecule is CC1(C)CC(n2nnc3c2CCNC3)CCO1. The summed E-state index contributed by atoms with van der Waals surface area (Å²) in [7, 11) is 0. The van der Waals surface area contributed by atoms with E-state index in [0.717, 1.165) is 44.7 Å². The fourth-order valence-electron chi connectivity index (χ4n) is 2.86. The fraction of sp³-hybridized carbons (Fsp3) is 0.833. The second kappa shape index (κ2) is 4.07. The van der Waals surface area contributed by atoms with Gasteiger partial charge in [-0.2, -0.15) is 0 Å². The van der Waals surface area contributed by atoms with Crippen LogP contribution in [0.25, 0.3) is 0 Å². The molecule has 1 aromatic heterocycles. The maximum absolute atomic E-state index is 5.76. The van der Waals surface area contributed by atoms with Crippen molar-refractivity contribution < 1.29 is 4.74 Å². The van der Waals surface area contributed by atoms with Crippen LogP contribution in [0.5, 0.6) is 0 Å². The van der Waals surface area contributed by atoms with Gasteiger partial charge in [-0.1, -0.05) is 5.21 Å². The molecule has 1 aromatic rings. The molecule has 0 saturated carbocycles. The minimum absolute atomic E-state index is 0.0331. The Bertz CT molecular complexity index is 413. The highest BCUT2D eigenvalue weighted by atomic mass is 16.5. The Labute approximate surface area is 102 Å². The third-order valence-corrected chi connectivity index (χ3v) is 3.72. The van der Waals surface area contributed by atoms with E-state index in [1.165, 1.54) is 5.69 Å². The van der Waals surface area contributed by atoms with Gasteiger partial charge in [0, 0.05) is 26.1 Å². The number of nitrogens with one attached hydrogen (secondary N) is 1. The molecule has 0 aliphatic carbocycles. The van der Waals surface area contributed by atoms with Crippen LogP contribution in [0, 0.1) is 0 Å². The van der Waals surface area contributed by atoms with Crippen LogP contribution >= 0.6 is 0 Å². The maximum atomic E-state index is 5.76. The van der Waals surface area contributed by atoms with E-state index in [1.54, 1.807) is 0 Å². The first-order chi connectivity index (χ1) is 8.16. The molecule has 0 bridgehead atoms. The average Bonchev–Trinajstić information content (AvgIpc) is 2.71. The Morgan fingerprint density at radius 1 is 1.47 bits per heavy atom. The van der Waals surface area contributed by atoms with Gasteiger partial charge in [0.25, 0.3) is 0 Å². The van der Waals surface area contributed by atoms with E-state index < -0.39 is 0 Å². The summed E-state index contributed by atoms with van der Waals surface area (Å²) in [6.45, 7) is 7.04. The molecular formula is C12H20N4O. The molecule has 2 aliphatic rings. The van der Waals surface area contributed by atoms with Gasteiger partial charge in [0.2, 0.25) is 0 Å². The molecule has 3 rings (SSSR count). The Morgan fingerprint density at radius 2 is 2.35 bits per heavy atom. The molecule has 0 amide bonds. The fourth-order valence-corrected chi connectivity index (χ4v) is 2.86. The van der Waals surface area contributed by atoms with Crippen LogP contribution in [0.1, 0.15) is 44.1 Å². The van der Waals surface area contributed by atoms with Gasteiger partial charge in [-0.3, -0.25) is 0 Å². The minimum Gasteiger partial charge on any atom is -0.375 e. The van der Waals surface area contributed by atoms with Crippen molar-refractivity contribution in [3.63, 3.8) is 0 Å². The van der Waals surface area contributed by atoms with Gasteiger partial charge >= 0.3 is 0 Å². The molecule has 2 aliphatic heterocycles. The zero-order valence-electron chi connectivity index (χ0n) is 10.6. The number of aromatic nitrogens is 3. The standard InChI is InChI=1S/C12H20N4O/c1-12(2)7-9(4-6-17-12)16-11-3-5-13-8-10(11)14-15-16/h9,13H,3-8H2,1-2H3. The Balaban J connectivity index is 1.86. The van der Waals surface area contributed by atoms with Crippen LogP contribution in [0.15, 0.2) is 0 Å². The van der Waals surface area contributed by atoms with Crippen LogP contribution < -0.4 is 5.32 Å². The third-order valence-electron chi connectivity index (χ3n) is 3.72. The molecular weight excluding hydrogens is 216 g/mol. The highest BCUT2D eigenvalue weighted by Crippen LogP contribution is 2.32. The van der Waals surface area contributed by atoms with Crippen molar-refractivity contribution in [3.8, 4) is 0 Å². The normalized spacial score (nSPS) is 27.8. The summed E-state index contributed by atoms with van der Waals surface area (Å²) in [5.74, 6) is 0. The Hall–Kier alpha value is -0.940. The molecule has 0 radical (unpaired) electrons. The van der Waals surface area contributed by atoms with Gasteiger partial charge in [-0.05, 0) is 26.7 Å². The summed E-state index contributed by atoms with van der Waals surface area (Å²) in [6.07, 6.45) is 3.11. The van der Waals surface area contributed by atoms with E-state index in [0.29, 0.717) is 6.04 Å². The molecule has 17 heavy (non-hydrogen) atoms. The first-order valence-electron chi connectivity index (χ1n) is 6.43. The predicted molar refractivity (Wildman–Crippen MR) is 63.7 cm³/mol. The predicted octanol–water partition coefficient (Wildman–Crippen LogP) is 1.05. The molecule has 5 nitrogen and oxygen atoms in total. The van der Waals surface area contributed by atoms with Gasteiger partial charge < -0.3 is 10.1 Å². The van der Waals surface area contributed by atoms with E-state index >= 15 is 0 Å². The van der Waals surface area contributed by atoms with Crippen molar-refractivity contribution in [2.45, 2.75) is 51.3 Å². The molecule has 3 heterocycles. The number of rotatable bonds is 1. The number of hydrogen-bond donors (Lipinski definition) is 1. The largest absolute Gasteiger partial charge is 0.375 e. The summed E-state index contributed by atoms with van der Waals surface area (Å²) in [4.78, 5) is 0. The lowest BCUT2D eigenvalue weighted by Gasteiger charge is -2.36. The highest BCUT2D eigenvalue weighted by Gasteiger charge is 2.32. The lowest BCUT2D eigenvalue weighted by Crippen LogP contribution is -2.36. The first kappa shape index (κ1) is 11.2. The Morgan fingerprint density at radius 3 is 3.18 bits per heavy atom. The topological polar surface area (TPSA) is 52.0 Å². The van der Waals surface area contributed by atoms with E-state index in [4.69, 9.17) is 4.74 Å². The van der Waals surface area contributed by atoms with Crippen molar-refractivity contribution in [3.05, 3.63) is 11.4 Å². The smallest absolute Gasteiger partial charge is 0.0997 e. The van der Waals surface area contributed by atoms with Gasteiger partial charge in [0.05, 0.1) is 23.0 Å². The van der Waals surface area contributed by atoms with E-state index in [9.17, 15) is 0 Å². The molecule has 1 atom stereocenters. The summed E-state index contributed by atoms with van der Waals surface area (Å²) in [5, 5.41) is 12.0. The van der Waals surface area contributed by atoms with E-state index in [1.807, 2.05) is 0 Å². The quantitative estimate of drug-likeness (QED) is 0.792. The molecule has 94 valence electrons. The second-order valence-electron chi connectivity index (χ2n) is 5.61. The van der Waals surface area contributed by atoms with E-state index in [2.05, 4.69) is 34.2 Å². The molecule has 1 unspecified atom stereocenters. The summed E-state index contributed by atoms with van der Waals surface area (Å²) in [5.41, 5.74) is 2.42. The molecule has 0 spiro atoms. The van der Waals surface area contributed by atoms with Gasteiger partial charge in [-0.15, -0.1) is 5.10 Å². The van der Waals surface area contributed by atoms with Gasteiger partial charge in [0.15, 0.2) is 0 Å². The molecule has 1 fully saturated rings. The minimum atomic E-state index is -0.0331. The Kier molecular flexibility index (Phi) is 2.67. The number of hydrogen-bond acceptors (Lipinski definition) is 4. The van der Waals surface area contributed by atoms with Crippen LogP contribution in [0.4, 0.5) is 0 Å². The highest BCUT2D eigenvalue weighted by molar-refractivity contribution is 5.14. The zero-order valence-corrected chi connectivity index (χ0v) is 10.6. The summed E-state index contributed by atoms with van der Waals surface area (Å²) >= 11 is 0. The monoisotopic (exact) mass is 236 g/mol. The van der Waals surface area contributed by atoms with Crippen molar-refractivity contribution >= 4 is 0 Å². The first-order valence-corrected chi connectivity index (χ1v) is 6.43. The lowest BCUT2D eigenvalue weighted by atomic mass is 9.93. The van der Waals surface area contributed by atoms with Crippen LogP contribution in [0.3, 0.4) is 0 Å². The third kappa shape index (κ3) is 2.09. The van der Waals surface area contributed by atoms with Crippen LogP contribution in [-0.4, -0.2) is 33.7 Å². The lowest BCUT2D eigenvalue weighted by molar-refractivity contribution is -0.0714. The molecule has 1 saturated heterocycles. The van der Waals surface area contributed by atoms with Crippen molar-refractivity contribution in [2.75, 3.05) is 13.2 Å². The molecule has 1 N–H and O–H groups in total. The molecule has 0 aromatic carbocycles. The van der Waals surface area contributed by atoms with Crippen molar-refractivity contribution in [1.82, 2.24) is 20.3 Å². The van der Waals surface area contributed by atoms with Crippen LogP contribution in [0.2, 0.25) is 0 Å². The number of fused-ring (bicyclic) bond motifs is 1. The summed E-state index contributed by atoms with van der Waals surface area (Å²) in [6, 6.07) is 0.452. The van der Waals surface area contributed by atoms with E-state index in [-0.39, 0.29) is 5.60 Å². The number of nitrogens with zero attached hydrogens (tertiary/aromatic N) is 3. The second-order valence-corrected chi connectivity index (χ2v) is 5.61. The average molecular weight is 236 g/mol. The maximum Gasteiger partial charge on any atom is 0.0997 e. The van der Waals surface area contributed by atoms with Crippen molar-refractivity contribution in [2.24, 2.45) is 0 Å². The van der Waals surface area contributed by atoms with Gasteiger partial charge in [0.1, 0.15) is 0 Å². The molecule has 5 heteroatoms. The van der Waals surface area contributed by atoms with Crippen LogP contribution in [-0.2, 0) is 17.7 Å². The summed E-state index contributed by atoms with van der Waals surface area (Å²) < 4.78 is 7.92. The number of ether oxygens (including phenoxy) is 1. The zero-order chi connectivity index (χ0) is 11.9. The van der Waals surface area contributed by atoms with Crippen molar-refractivity contribution in [1.29, 1.82) is 0 Å². The van der Waals surface area contributed by atoms with Gasteiger partial charge in [-0.25, -0.2) is 4.68 Å².